The first-order valence-corrected chi connectivity index (χ1v) is 22.7. The Morgan fingerprint density at radius 2 is 1.66 bits per heavy atom. The Morgan fingerprint density at radius 3 is 2.47 bits per heavy atom. The van der Waals surface area contributed by atoms with Crippen molar-refractivity contribution in [1.82, 2.24) is 40.5 Å². The van der Waals surface area contributed by atoms with Gasteiger partial charge in [-0.15, -0.1) is 5.10 Å². The van der Waals surface area contributed by atoms with E-state index in [9.17, 15) is 28.0 Å². The summed E-state index contributed by atoms with van der Waals surface area (Å²) < 4.78 is 37.5. The van der Waals surface area contributed by atoms with Crippen molar-refractivity contribution >= 4 is 58.3 Å². The number of halogens is 3. The van der Waals surface area contributed by atoms with Gasteiger partial charge in [0.05, 0.1) is 36.3 Å². The predicted octanol–water partition coefficient (Wildman–Crippen LogP) is 6.99. The van der Waals surface area contributed by atoms with Crippen LogP contribution in [-0.2, 0) is 38.8 Å². The normalized spacial score (nSPS) is 15.3. The van der Waals surface area contributed by atoms with Crippen LogP contribution in [0, 0.1) is 11.6 Å². The molecule has 4 amide bonds. The number of aryl methyl sites for hydroxylation is 1. The van der Waals surface area contributed by atoms with E-state index >= 15 is 0 Å². The maximum Gasteiger partial charge on any atom is 0.255 e. The number of carbonyl (C=O) groups excluding carboxylic acids is 4. The summed E-state index contributed by atoms with van der Waals surface area (Å²) in [6, 6.07) is 20.9. The number of ether oxygens (including phenoxy) is 1. The maximum absolute atomic E-state index is 14.9. The van der Waals surface area contributed by atoms with E-state index in [1.54, 1.807) is 42.6 Å². The molecule has 6 aromatic rings. The molecule has 348 valence electrons. The van der Waals surface area contributed by atoms with Crippen molar-refractivity contribution in [3.63, 3.8) is 0 Å². The SMILES string of the molecule is O=C1CCC(N2Cc3cc(NC(=O)CNCCCCOCCCCn4cc(-c5ccc(Nc6ncc7c(n6)-c6ccc(Cl)cc6C(c6c(F)cccc6F)=NC7)cc5)nn4)ccc3C2=O)C(=O)N1. The number of anilines is 3. The average Bonchev–Trinajstić information content (AvgIpc) is 3.89. The second-order valence-electron chi connectivity index (χ2n) is 16.6. The highest BCUT2D eigenvalue weighted by atomic mass is 35.5. The fraction of sp³-hybridized carbons (Fsp3) is 0.286. The van der Waals surface area contributed by atoms with Crippen LogP contribution < -0.4 is 21.3 Å². The number of piperidine rings is 1. The van der Waals surface area contributed by atoms with E-state index in [1.807, 2.05) is 35.1 Å². The first-order valence-electron chi connectivity index (χ1n) is 22.4. The standard InChI is InChI=1S/C49H46ClF2N11O5/c50-32-10-14-36-37(23-32)46(44-38(51)6-5-7-39(44)52)54-24-31-25-55-49(59-45(31)36)57-33-11-8-29(9-12-33)40-28-62(61-60-40)19-2-4-21-68-20-3-1-18-53-26-43(65)56-34-13-15-35-30(22-34)27-63(48(35)67)41-16-17-42(64)58-47(41)66/h5-15,22-23,25,28,41,53H,1-4,16-21,24,26-27H2,(H,56,65)(H,55,57,59)(H,58,64,66). The van der Waals surface area contributed by atoms with E-state index < -0.39 is 23.6 Å². The second kappa shape index (κ2) is 20.7. The van der Waals surface area contributed by atoms with Gasteiger partial charge < -0.3 is 25.6 Å². The van der Waals surface area contributed by atoms with Crippen LogP contribution in [0.2, 0.25) is 5.02 Å². The van der Waals surface area contributed by atoms with Gasteiger partial charge in [-0.2, -0.15) is 0 Å². The average molecular weight is 942 g/mol. The number of hydrogen-bond acceptors (Lipinski definition) is 12. The van der Waals surface area contributed by atoms with Gasteiger partial charge in [-0.05, 0) is 98.8 Å². The number of amides is 4. The van der Waals surface area contributed by atoms with Gasteiger partial charge in [-0.3, -0.25) is 34.2 Å². The predicted molar refractivity (Wildman–Crippen MR) is 250 cm³/mol. The number of imide groups is 1. The molecular weight excluding hydrogens is 896 g/mol. The van der Waals surface area contributed by atoms with Crippen molar-refractivity contribution in [1.29, 1.82) is 0 Å². The molecule has 9 rings (SSSR count). The molecule has 1 fully saturated rings. The molecule has 5 heterocycles. The Bertz CT molecular complexity index is 2910. The molecule has 3 aliphatic heterocycles. The lowest BCUT2D eigenvalue weighted by atomic mass is 9.95. The molecule has 0 radical (unpaired) electrons. The Balaban J connectivity index is 0.662. The maximum atomic E-state index is 14.9. The molecule has 0 saturated carbocycles. The van der Waals surface area contributed by atoms with E-state index in [0.717, 1.165) is 48.2 Å². The van der Waals surface area contributed by atoms with Crippen LogP contribution in [-0.4, -0.2) is 91.5 Å². The highest BCUT2D eigenvalue weighted by Crippen LogP contribution is 2.35. The fourth-order valence-corrected chi connectivity index (χ4v) is 8.58. The molecule has 19 heteroatoms. The summed E-state index contributed by atoms with van der Waals surface area (Å²) in [5, 5.41) is 20.6. The molecule has 4 aromatic carbocycles. The summed E-state index contributed by atoms with van der Waals surface area (Å²) in [5.41, 5.74) is 6.45. The zero-order chi connectivity index (χ0) is 47.1. The first kappa shape index (κ1) is 45.9. The second-order valence-corrected chi connectivity index (χ2v) is 17.0. The molecule has 0 spiro atoms. The number of benzene rings is 4. The van der Waals surface area contributed by atoms with Gasteiger partial charge in [-0.1, -0.05) is 41.1 Å². The van der Waals surface area contributed by atoms with Crippen LogP contribution in [0.1, 0.15) is 71.1 Å². The number of aliphatic imine (C=N–C) groups is 1. The van der Waals surface area contributed by atoms with E-state index in [4.69, 9.17) is 21.3 Å². The van der Waals surface area contributed by atoms with Gasteiger partial charge in [0.1, 0.15) is 23.4 Å². The largest absolute Gasteiger partial charge is 0.381 e. The number of hydrogen-bond donors (Lipinski definition) is 4. The highest BCUT2D eigenvalue weighted by Gasteiger charge is 2.39. The van der Waals surface area contributed by atoms with E-state index in [2.05, 4.69) is 41.6 Å². The number of aromatic nitrogens is 5. The molecule has 68 heavy (non-hydrogen) atoms. The third-order valence-electron chi connectivity index (χ3n) is 11.8. The van der Waals surface area contributed by atoms with Gasteiger partial charge in [0.2, 0.25) is 23.7 Å². The van der Waals surface area contributed by atoms with Crippen molar-refractivity contribution < 1.29 is 32.7 Å². The number of rotatable bonds is 18. The summed E-state index contributed by atoms with van der Waals surface area (Å²) >= 11 is 6.37. The Labute approximate surface area is 394 Å². The number of nitrogens with one attached hydrogen (secondary N) is 4. The number of nitrogens with zero attached hydrogens (tertiary/aromatic N) is 7. The van der Waals surface area contributed by atoms with E-state index in [1.165, 1.54) is 23.1 Å². The summed E-state index contributed by atoms with van der Waals surface area (Å²) in [6.07, 6.45) is 7.47. The molecule has 4 N–H and O–H groups in total. The highest BCUT2D eigenvalue weighted by molar-refractivity contribution is 6.31. The topological polar surface area (TPSA) is 198 Å². The minimum absolute atomic E-state index is 0.117. The van der Waals surface area contributed by atoms with Gasteiger partial charge in [0.15, 0.2) is 0 Å². The van der Waals surface area contributed by atoms with Crippen LogP contribution in [0.25, 0.3) is 22.5 Å². The van der Waals surface area contributed by atoms with E-state index in [-0.39, 0.29) is 55.1 Å². The van der Waals surface area contributed by atoms with Gasteiger partial charge in [-0.25, -0.2) is 18.7 Å². The lowest BCUT2D eigenvalue weighted by Crippen LogP contribution is -2.52. The third kappa shape index (κ3) is 10.5. The summed E-state index contributed by atoms with van der Waals surface area (Å²) in [5.74, 6) is -2.37. The van der Waals surface area contributed by atoms with Crippen LogP contribution in [0.15, 0.2) is 96.2 Å². The summed E-state index contributed by atoms with van der Waals surface area (Å²) in [6.45, 7) is 3.08. The molecule has 1 saturated heterocycles. The summed E-state index contributed by atoms with van der Waals surface area (Å²) in [4.78, 5) is 64.7. The monoisotopic (exact) mass is 941 g/mol. The lowest BCUT2D eigenvalue weighted by Gasteiger charge is -2.29. The zero-order valence-corrected chi connectivity index (χ0v) is 37.5. The summed E-state index contributed by atoms with van der Waals surface area (Å²) in [7, 11) is 0. The van der Waals surface area contributed by atoms with Crippen molar-refractivity contribution in [3.05, 3.63) is 136 Å². The fourth-order valence-electron chi connectivity index (χ4n) is 8.41. The Morgan fingerprint density at radius 1 is 0.882 bits per heavy atom. The number of unbranched alkanes of at least 4 members (excludes halogenated alkanes) is 2. The molecule has 3 aliphatic rings. The molecular formula is C49H46ClF2N11O5. The van der Waals surface area contributed by atoms with E-state index in [0.29, 0.717) is 77.3 Å². The van der Waals surface area contributed by atoms with Crippen LogP contribution >= 0.6 is 11.6 Å². The molecule has 0 aliphatic carbocycles. The Hall–Kier alpha value is -7.28. The van der Waals surface area contributed by atoms with Gasteiger partial charge in [0.25, 0.3) is 5.91 Å². The molecule has 1 atom stereocenters. The lowest BCUT2D eigenvalue weighted by molar-refractivity contribution is -0.137. The minimum Gasteiger partial charge on any atom is -0.381 e. The van der Waals surface area contributed by atoms with Gasteiger partial charge in [0, 0.05) is 83.1 Å². The van der Waals surface area contributed by atoms with Crippen molar-refractivity contribution in [2.24, 2.45) is 4.99 Å². The molecule has 1 unspecified atom stereocenters. The zero-order valence-electron chi connectivity index (χ0n) is 36.7. The van der Waals surface area contributed by atoms with Crippen LogP contribution in [0.4, 0.5) is 26.1 Å². The van der Waals surface area contributed by atoms with Crippen molar-refractivity contribution in [2.45, 2.75) is 64.2 Å². The quantitative estimate of drug-likeness (QED) is 0.0512. The van der Waals surface area contributed by atoms with Crippen molar-refractivity contribution in [2.75, 3.05) is 36.9 Å². The van der Waals surface area contributed by atoms with Gasteiger partial charge >= 0.3 is 0 Å². The molecule has 16 nitrogen and oxygen atoms in total. The third-order valence-corrected chi connectivity index (χ3v) is 12.1. The Kier molecular flexibility index (Phi) is 14.0. The van der Waals surface area contributed by atoms with Crippen LogP contribution in [0.5, 0.6) is 0 Å². The molecule has 0 bridgehead atoms. The number of fused-ring (bicyclic) bond motifs is 4. The van der Waals surface area contributed by atoms with Crippen LogP contribution in [0.3, 0.4) is 0 Å². The smallest absolute Gasteiger partial charge is 0.255 e. The first-order chi connectivity index (χ1) is 33.1. The number of carbonyl (C=O) groups is 4. The minimum atomic E-state index is -0.721. The molecule has 2 aromatic heterocycles. The van der Waals surface area contributed by atoms with Crippen molar-refractivity contribution in [3.8, 4) is 22.5 Å².